The van der Waals surface area contributed by atoms with Gasteiger partial charge in [0.15, 0.2) is 12.1 Å². The molecule has 4 atom stereocenters. The molecule has 7 nitrogen and oxygen atoms in total. The Kier molecular flexibility index (Phi) is 4.66. The van der Waals surface area contributed by atoms with Crippen LogP contribution in [-0.2, 0) is 25.6 Å². The van der Waals surface area contributed by atoms with Gasteiger partial charge in [-0.05, 0) is 26.3 Å². The van der Waals surface area contributed by atoms with Crippen LogP contribution in [0.1, 0.15) is 42.6 Å². The van der Waals surface area contributed by atoms with Crippen LogP contribution in [-0.4, -0.2) is 34.3 Å². The van der Waals surface area contributed by atoms with Crippen LogP contribution in [0.2, 0.25) is 0 Å². The maximum Gasteiger partial charge on any atom is 0.190 e. The Morgan fingerprint density at radius 2 is 2.00 bits per heavy atom. The minimum absolute atomic E-state index is 0.359. The first-order valence-electron chi connectivity index (χ1n) is 8.87. The second-order valence-electron chi connectivity index (χ2n) is 7.11. The summed E-state index contributed by atoms with van der Waals surface area (Å²) in [4.78, 5) is 8.55. The van der Waals surface area contributed by atoms with E-state index < -0.39 is 30.4 Å². The summed E-state index contributed by atoms with van der Waals surface area (Å²) in [5, 5.41) is 9.46. The lowest BCUT2D eigenvalue weighted by Crippen LogP contribution is -2.34. The summed E-state index contributed by atoms with van der Waals surface area (Å²) in [6.45, 7) is 5.85. The number of hydrogen-bond donors (Lipinski definition) is 0. The molecule has 2 saturated heterocycles. The predicted molar refractivity (Wildman–Crippen MR) is 94.2 cm³/mol. The molecule has 27 heavy (non-hydrogen) atoms. The summed E-state index contributed by atoms with van der Waals surface area (Å²) in [7, 11) is 0. The van der Waals surface area contributed by atoms with Crippen LogP contribution >= 0.6 is 0 Å². The number of nitriles is 1. The van der Waals surface area contributed by atoms with Gasteiger partial charge in [-0.2, -0.15) is 5.26 Å². The highest BCUT2D eigenvalue weighted by Gasteiger charge is 2.56. The highest BCUT2D eigenvalue weighted by molar-refractivity contribution is 5.34. The third-order valence-corrected chi connectivity index (χ3v) is 4.60. The highest BCUT2D eigenvalue weighted by Crippen LogP contribution is 2.45. The van der Waals surface area contributed by atoms with E-state index >= 15 is 0 Å². The summed E-state index contributed by atoms with van der Waals surface area (Å²) >= 11 is 0. The molecule has 0 radical (unpaired) electrons. The summed E-state index contributed by atoms with van der Waals surface area (Å²) in [6.07, 6.45) is -0.507. The number of nitrogens with zero attached hydrogens (tertiary/aromatic N) is 3. The van der Waals surface area contributed by atoms with Gasteiger partial charge in [0.1, 0.15) is 30.2 Å². The molecule has 7 heteroatoms. The van der Waals surface area contributed by atoms with Crippen molar-refractivity contribution in [2.75, 3.05) is 0 Å². The van der Waals surface area contributed by atoms with Crippen molar-refractivity contribution in [3.63, 3.8) is 0 Å². The maximum absolute atomic E-state index is 9.46. The number of aryl methyl sites for hydroxylation is 1. The minimum atomic E-state index is -0.756. The van der Waals surface area contributed by atoms with Crippen molar-refractivity contribution in [3.05, 3.63) is 59.2 Å². The van der Waals surface area contributed by atoms with Crippen molar-refractivity contribution in [2.45, 2.75) is 57.8 Å². The molecule has 140 valence electrons. The number of fused-ring (bicyclic) bond motifs is 1. The lowest BCUT2D eigenvalue weighted by Gasteiger charge is -2.26. The van der Waals surface area contributed by atoms with Gasteiger partial charge >= 0.3 is 0 Å². The van der Waals surface area contributed by atoms with Crippen molar-refractivity contribution in [1.29, 1.82) is 5.26 Å². The van der Waals surface area contributed by atoms with E-state index in [0.29, 0.717) is 23.7 Å². The second-order valence-corrected chi connectivity index (χ2v) is 7.11. The monoisotopic (exact) mass is 367 g/mol. The molecule has 0 aliphatic carbocycles. The van der Waals surface area contributed by atoms with E-state index in [4.69, 9.17) is 18.9 Å². The summed E-state index contributed by atoms with van der Waals surface area (Å²) in [6, 6.07) is 12.0. The van der Waals surface area contributed by atoms with Crippen LogP contribution in [0.5, 0.6) is 0 Å². The number of rotatable bonds is 4. The molecule has 4 rings (SSSR count). The molecule has 0 bridgehead atoms. The van der Waals surface area contributed by atoms with Gasteiger partial charge in [0.25, 0.3) is 0 Å². The molecular formula is C20H21N3O4. The van der Waals surface area contributed by atoms with Gasteiger partial charge in [0, 0.05) is 6.20 Å². The van der Waals surface area contributed by atoms with E-state index in [9.17, 15) is 5.26 Å². The maximum atomic E-state index is 9.46. The van der Waals surface area contributed by atoms with Crippen molar-refractivity contribution < 1.29 is 18.9 Å². The molecule has 0 unspecified atom stereocenters. The van der Waals surface area contributed by atoms with E-state index in [1.807, 2.05) is 44.2 Å². The Hall–Kier alpha value is -2.37. The minimum Gasteiger partial charge on any atom is -0.367 e. The van der Waals surface area contributed by atoms with E-state index in [-0.39, 0.29) is 0 Å². The van der Waals surface area contributed by atoms with Gasteiger partial charge in [-0.25, -0.2) is 9.97 Å². The summed E-state index contributed by atoms with van der Waals surface area (Å²) < 4.78 is 24.2. The van der Waals surface area contributed by atoms with E-state index in [2.05, 4.69) is 16.0 Å². The van der Waals surface area contributed by atoms with Crippen LogP contribution < -0.4 is 0 Å². The molecule has 2 aliphatic heterocycles. The zero-order valence-corrected chi connectivity index (χ0v) is 15.5. The zero-order chi connectivity index (χ0) is 19.0. The summed E-state index contributed by atoms with van der Waals surface area (Å²) in [5.74, 6) is -0.192. The first-order valence-corrected chi connectivity index (χ1v) is 8.87. The molecule has 0 N–H and O–H groups in total. The van der Waals surface area contributed by atoms with E-state index in [1.165, 1.54) is 6.20 Å². The Morgan fingerprint density at radius 3 is 2.74 bits per heavy atom. The van der Waals surface area contributed by atoms with Crippen LogP contribution in [0, 0.1) is 18.3 Å². The van der Waals surface area contributed by atoms with Gasteiger partial charge in [-0.1, -0.05) is 30.3 Å². The average molecular weight is 367 g/mol. The topological polar surface area (TPSA) is 86.5 Å². The molecule has 0 spiro atoms. The fraction of sp³-hybridized carbons (Fsp3) is 0.450. The molecule has 1 aromatic carbocycles. The number of benzene rings is 1. The first-order chi connectivity index (χ1) is 13.0. The van der Waals surface area contributed by atoms with Crippen LogP contribution in [0.15, 0.2) is 36.5 Å². The third kappa shape index (κ3) is 3.57. The predicted octanol–water partition coefficient (Wildman–Crippen LogP) is 2.79. The second kappa shape index (κ2) is 6.98. The molecule has 2 fully saturated rings. The standard InChI is InChI=1S/C20H21N3O4/c1-12-22-10-14(9-21)15(23-12)16-17(24-11-13-7-5-4-6-8-13)18-19(25-16)27-20(2,3)26-18/h4-8,10,16-19H,11H2,1-3H3/t16-,17+,18-,19-/m1/s1. The van der Waals surface area contributed by atoms with Gasteiger partial charge in [-0.3, -0.25) is 0 Å². The van der Waals surface area contributed by atoms with Crippen LogP contribution in [0.4, 0.5) is 0 Å². The quantitative estimate of drug-likeness (QED) is 0.821. The highest BCUT2D eigenvalue weighted by atomic mass is 16.8. The van der Waals surface area contributed by atoms with Gasteiger partial charge in [0.05, 0.1) is 17.9 Å². The molecule has 3 heterocycles. The molecule has 0 amide bonds. The third-order valence-electron chi connectivity index (χ3n) is 4.60. The lowest BCUT2D eigenvalue weighted by atomic mass is 10.0. The fourth-order valence-electron chi connectivity index (χ4n) is 3.44. The Balaban J connectivity index is 1.64. The summed E-state index contributed by atoms with van der Waals surface area (Å²) in [5.41, 5.74) is 1.90. The number of hydrogen-bond acceptors (Lipinski definition) is 7. The average Bonchev–Trinajstić information content (AvgIpc) is 3.12. The smallest absolute Gasteiger partial charge is 0.190 e. The molecule has 2 aromatic rings. The van der Waals surface area contributed by atoms with Crippen LogP contribution in [0.3, 0.4) is 0 Å². The Morgan fingerprint density at radius 1 is 1.22 bits per heavy atom. The molecule has 2 aliphatic rings. The van der Waals surface area contributed by atoms with Crippen molar-refractivity contribution in [2.24, 2.45) is 0 Å². The Bertz CT molecular complexity index is 865. The van der Waals surface area contributed by atoms with E-state index in [0.717, 1.165) is 5.56 Å². The molecule has 0 saturated carbocycles. The number of aromatic nitrogens is 2. The van der Waals surface area contributed by atoms with E-state index in [1.54, 1.807) is 6.92 Å². The fourth-order valence-corrected chi connectivity index (χ4v) is 3.44. The molecule has 1 aromatic heterocycles. The Labute approximate surface area is 157 Å². The normalized spacial score (nSPS) is 28.7. The zero-order valence-electron chi connectivity index (χ0n) is 15.5. The van der Waals surface area contributed by atoms with Gasteiger partial charge < -0.3 is 18.9 Å². The number of ether oxygens (including phenoxy) is 4. The molecular weight excluding hydrogens is 346 g/mol. The largest absolute Gasteiger partial charge is 0.367 e. The van der Waals surface area contributed by atoms with Crippen molar-refractivity contribution >= 4 is 0 Å². The van der Waals surface area contributed by atoms with Gasteiger partial charge in [0.2, 0.25) is 0 Å². The van der Waals surface area contributed by atoms with Crippen molar-refractivity contribution in [1.82, 2.24) is 9.97 Å². The van der Waals surface area contributed by atoms with Crippen LogP contribution in [0.25, 0.3) is 0 Å². The van der Waals surface area contributed by atoms with Gasteiger partial charge in [-0.15, -0.1) is 0 Å². The first kappa shape index (κ1) is 18.0. The van der Waals surface area contributed by atoms with Crippen molar-refractivity contribution in [3.8, 4) is 6.07 Å². The SMILES string of the molecule is Cc1ncc(C#N)c([C@H]2O[C@@H]3OC(C)(C)O[C@@H]3[C@H]2OCc2ccccc2)n1. The lowest BCUT2D eigenvalue weighted by molar-refractivity contribution is -0.220.